The average Bonchev–Trinajstić information content (AvgIpc) is 2.30. The maximum absolute atomic E-state index is 5.65. The Morgan fingerprint density at radius 3 is 2.33 bits per heavy atom. The second kappa shape index (κ2) is 3.17. The Labute approximate surface area is 73.6 Å². The molecule has 1 rings (SSSR count). The highest BCUT2D eigenvalue weighted by atomic mass is 15.3. The van der Waals surface area contributed by atoms with Crippen LogP contribution in [0, 0.1) is 12.8 Å². The molecule has 0 fully saturated rings. The monoisotopic (exact) mass is 167 g/mol. The summed E-state index contributed by atoms with van der Waals surface area (Å²) in [6.45, 7) is 8.48. The highest BCUT2D eigenvalue weighted by Gasteiger charge is 2.11. The molecular formula is C9H17N3. The third kappa shape index (κ3) is 1.60. The molecule has 0 bridgehead atoms. The molecule has 68 valence electrons. The fourth-order valence-corrected chi connectivity index (χ4v) is 1.01. The largest absolute Gasteiger partial charge is 0.382 e. The van der Waals surface area contributed by atoms with Crippen molar-refractivity contribution in [3.05, 3.63) is 11.8 Å². The predicted octanol–water partition coefficient (Wildman–Crippen LogP) is 1.99. The number of rotatable bonds is 2. The lowest BCUT2D eigenvalue weighted by Crippen LogP contribution is -2.12. The van der Waals surface area contributed by atoms with Crippen LogP contribution >= 0.6 is 0 Å². The molecule has 1 unspecified atom stereocenters. The number of nitrogen functional groups attached to an aromatic ring is 1. The van der Waals surface area contributed by atoms with Crippen LogP contribution in [0.4, 0.5) is 5.82 Å². The number of hydrogen-bond donors (Lipinski definition) is 1. The summed E-state index contributed by atoms with van der Waals surface area (Å²) in [5.74, 6) is 1.23. The topological polar surface area (TPSA) is 43.8 Å². The van der Waals surface area contributed by atoms with Crippen LogP contribution < -0.4 is 5.73 Å². The molecule has 0 saturated heterocycles. The van der Waals surface area contributed by atoms with E-state index in [4.69, 9.17) is 5.73 Å². The summed E-state index contributed by atoms with van der Waals surface area (Å²) in [6.07, 6.45) is 2.00. The zero-order valence-electron chi connectivity index (χ0n) is 8.20. The van der Waals surface area contributed by atoms with Crippen molar-refractivity contribution < 1.29 is 0 Å². The zero-order valence-corrected chi connectivity index (χ0v) is 8.20. The molecule has 0 amide bonds. The van der Waals surface area contributed by atoms with Gasteiger partial charge in [-0.15, -0.1) is 0 Å². The molecule has 2 N–H and O–H groups in total. The number of nitrogens with zero attached hydrogens (tertiary/aromatic N) is 2. The highest BCUT2D eigenvalue weighted by molar-refractivity contribution is 5.35. The van der Waals surface area contributed by atoms with Crippen molar-refractivity contribution >= 4 is 5.82 Å². The molecule has 0 saturated carbocycles. The molecule has 1 aromatic rings. The van der Waals surface area contributed by atoms with Crippen LogP contribution in [0.3, 0.4) is 0 Å². The fourth-order valence-electron chi connectivity index (χ4n) is 1.01. The van der Waals surface area contributed by atoms with Gasteiger partial charge in [0.05, 0.1) is 6.04 Å². The summed E-state index contributed by atoms with van der Waals surface area (Å²) in [7, 11) is 0. The van der Waals surface area contributed by atoms with Crippen LogP contribution in [0.5, 0.6) is 0 Å². The van der Waals surface area contributed by atoms with Gasteiger partial charge in [0.1, 0.15) is 5.82 Å². The third-order valence-corrected chi connectivity index (χ3v) is 2.34. The van der Waals surface area contributed by atoms with E-state index in [9.17, 15) is 0 Å². The molecule has 1 heterocycles. The number of hydrogen-bond acceptors (Lipinski definition) is 2. The molecule has 3 heteroatoms. The van der Waals surface area contributed by atoms with E-state index in [1.807, 2.05) is 17.8 Å². The predicted molar refractivity (Wildman–Crippen MR) is 50.9 cm³/mol. The smallest absolute Gasteiger partial charge is 0.148 e. The quantitative estimate of drug-likeness (QED) is 0.732. The minimum Gasteiger partial charge on any atom is -0.382 e. The Morgan fingerprint density at radius 2 is 2.00 bits per heavy atom. The Bertz CT molecular complexity index is 243. The van der Waals surface area contributed by atoms with E-state index in [-0.39, 0.29) is 0 Å². The number of aromatic nitrogens is 2. The van der Waals surface area contributed by atoms with E-state index in [1.165, 1.54) is 0 Å². The first-order valence-electron chi connectivity index (χ1n) is 4.33. The van der Waals surface area contributed by atoms with E-state index in [2.05, 4.69) is 25.9 Å². The van der Waals surface area contributed by atoms with E-state index >= 15 is 0 Å². The van der Waals surface area contributed by atoms with Crippen LogP contribution in [0.25, 0.3) is 0 Å². The lowest BCUT2D eigenvalue weighted by atomic mass is 10.1. The van der Waals surface area contributed by atoms with Gasteiger partial charge in [-0.3, -0.25) is 4.68 Å². The van der Waals surface area contributed by atoms with E-state index in [0.29, 0.717) is 17.8 Å². The van der Waals surface area contributed by atoms with Crippen LogP contribution in [0.15, 0.2) is 6.20 Å². The van der Waals surface area contributed by atoms with Gasteiger partial charge in [0.25, 0.3) is 0 Å². The van der Waals surface area contributed by atoms with E-state index < -0.39 is 0 Å². The van der Waals surface area contributed by atoms with Gasteiger partial charge in [0.15, 0.2) is 0 Å². The molecule has 0 radical (unpaired) electrons. The van der Waals surface area contributed by atoms with Crippen LogP contribution in [0.2, 0.25) is 0 Å². The van der Waals surface area contributed by atoms with Gasteiger partial charge >= 0.3 is 0 Å². The minimum absolute atomic E-state index is 0.418. The van der Waals surface area contributed by atoms with E-state index in [1.54, 1.807) is 0 Å². The normalized spacial score (nSPS) is 13.8. The van der Waals surface area contributed by atoms with Crippen LogP contribution in [-0.2, 0) is 0 Å². The summed E-state index contributed by atoms with van der Waals surface area (Å²) < 4.78 is 1.94. The standard InChI is InChI=1S/C9H17N3/c1-6(2)8(4)12-5-7(3)9(10)11-12/h5-6,8H,1-4H3,(H2,10,11). The van der Waals surface area contributed by atoms with Crippen molar-refractivity contribution in [3.63, 3.8) is 0 Å². The molecule has 1 aromatic heterocycles. The zero-order chi connectivity index (χ0) is 9.30. The van der Waals surface area contributed by atoms with Gasteiger partial charge in [-0.25, -0.2) is 0 Å². The Morgan fingerprint density at radius 1 is 1.42 bits per heavy atom. The highest BCUT2D eigenvalue weighted by Crippen LogP contribution is 2.18. The van der Waals surface area contributed by atoms with Crippen molar-refractivity contribution in [2.45, 2.75) is 33.7 Å². The third-order valence-electron chi connectivity index (χ3n) is 2.34. The molecular weight excluding hydrogens is 150 g/mol. The summed E-state index contributed by atoms with van der Waals surface area (Å²) >= 11 is 0. The van der Waals surface area contributed by atoms with Gasteiger partial charge in [-0.2, -0.15) is 5.10 Å². The molecule has 0 aliphatic rings. The van der Waals surface area contributed by atoms with Crippen LogP contribution in [0.1, 0.15) is 32.4 Å². The number of nitrogens with two attached hydrogens (primary N) is 1. The summed E-state index contributed by atoms with van der Waals surface area (Å²) in [5, 5.41) is 4.23. The minimum atomic E-state index is 0.418. The molecule has 3 nitrogen and oxygen atoms in total. The van der Waals surface area contributed by atoms with Gasteiger partial charge in [-0.1, -0.05) is 13.8 Å². The maximum Gasteiger partial charge on any atom is 0.148 e. The summed E-state index contributed by atoms with van der Waals surface area (Å²) in [5.41, 5.74) is 6.70. The Balaban J connectivity index is 2.89. The average molecular weight is 167 g/mol. The van der Waals surface area contributed by atoms with E-state index in [0.717, 1.165) is 5.56 Å². The Kier molecular flexibility index (Phi) is 2.40. The number of anilines is 1. The van der Waals surface area contributed by atoms with Gasteiger partial charge in [-0.05, 0) is 19.8 Å². The molecule has 0 aromatic carbocycles. The molecule has 12 heavy (non-hydrogen) atoms. The Hall–Kier alpha value is -0.990. The molecule has 0 spiro atoms. The van der Waals surface area contributed by atoms with Crippen molar-refractivity contribution in [1.29, 1.82) is 0 Å². The van der Waals surface area contributed by atoms with Gasteiger partial charge in [0, 0.05) is 11.8 Å². The maximum atomic E-state index is 5.65. The fraction of sp³-hybridized carbons (Fsp3) is 0.667. The van der Waals surface area contributed by atoms with Gasteiger partial charge < -0.3 is 5.73 Å². The second-order valence-electron chi connectivity index (χ2n) is 3.66. The van der Waals surface area contributed by atoms with Gasteiger partial charge in [0.2, 0.25) is 0 Å². The SMILES string of the molecule is Cc1cn(C(C)C(C)C)nc1N. The number of aryl methyl sites for hydroxylation is 1. The van der Waals surface area contributed by atoms with Crippen LogP contribution in [-0.4, -0.2) is 9.78 Å². The summed E-state index contributed by atoms with van der Waals surface area (Å²) in [4.78, 5) is 0. The molecule has 0 aliphatic carbocycles. The van der Waals surface area contributed by atoms with Crippen molar-refractivity contribution in [2.24, 2.45) is 5.92 Å². The molecule has 1 atom stereocenters. The lowest BCUT2D eigenvalue weighted by Gasteiger charge is -2.15. The molecule has 0 aliphatic heterocycles. The van der Waals surface area contributed by atoms with Crippen molar-refractivity contribution in [1.82, 2.24) is 9.78 Å². The second-order valence-corrected chi connectivity index (χ2v) is 3.66. The summed E-state index contributed by atoms with van der Waals surface area (Å²) in [6, 6.07) is 0.418. The first-order valence-corrected chi connectivity index (χ1v) is 4.33. The first kappa shape index (κ1) is 9.10. The first-order chi connectivity index (χ1) is 5.52. The lowest BCUT2D eigenvalue weighted by molar-refractivity contribution is 0.376. The van der Waals surface area contributed by atoms with Crippen molar-refractivity contribution in [2.75, 3.05) is 5.73 Å². The van der Waals surface area contributed by atoms with Crippen molar-refractivity contribution in [3.8, 4) is 0 Å².